The first-order chi connectivity index (χ1) is 7.11. The SMILES string of the molecule is COC(=O)c1nc(Cl)c2cc(C)sc2n1. The number of halogens is 1. The van der Waals surface area contributed by atoms with Crippen LogP contribution in [0.3, 0.4) is 0 Å². The first-order valence-corrected chi connectivity index (χ1v) is 5.33. The van der Waals surface area contributed by atoms with Gasteiger partial charge in [0.1, 0.15) is 9.98 Å². The molecule has 2 aromatic heterocycles. The molecule has 78 valence electrons. The van der Waals surface area contributed by atoms with Crippen molar-refractivity contribution in [1.82, 2.24) is 9.97 Å². The number of aryl methyl sites for hydroxylation is 1. The molecule has 0 aliphatic rings. The topological polar surface area (TPSA) is 52.1 Å². The summed E-state index contributed by atoms with van der Waals surface area (Å²) in [4.78, 5) is 20.9. The fourth-order valence-corrected chi connectivity index (χ4v) is 2.35. The van der Waals surface area contributed by atoms with Crippen molar-refractivity contribution in [2.75, 3.05) is 7.11 Å². The number of methoxy groups -OCH3 is 1. The van der Waals surface area contributed by atoms with Gasteiger partial charge in [-0.25, -0.2) is 14.8 Å². The lowest BCUT2D eigenvalue weighted by atomic mass is 10.4. The number of fused-ring (bicyclic) bond motifs is 1. The van der Waals surface area contributed by atoms with Gasteiger partial charge in [0.25, 0.3) is 0 Å². The van der Waals surface area contributed by atoms with Crippen molar-refractivity contribution in [2.45, 2.75) is 6.92 Å². The number of hydrogen-bond donors (Lipinski definition) is 0. The molecular formula is C9H7ClN2O2S. The lowest BCUT2D eigenvalue weighted by Crippen LogP contribution is -2.07. The van der Waals surface area contributed by atoms with Crippen molar-refractivity contribution in [3.05, 3.63) is 21.9 Å². The lowest BCUT2D eigenvalue weighted by Gasteiger charge is -1.98. The summed E-state index contributed by atoms with van der Waals surface area (Å²) in [5.74, 6) is -0.582. The summed E-state index contributed by atoms with van der Waals surface area (Å²) < 4.78 is 4.53. The van der Waals surface area contributed by atoms with Crippen molar-refractivity contribution in [3.63, 3.8) is 0 Å². The molecule has 2 rings (SSSR count). The van der Waals surface area contributed by atoms with Gasteiger partial charge in [-0.05, 0) is 13.0 Å². The maximum atomic E-state index is 11.2. The van der Waals surface area contributed by atoms with Crippen molar-refractivity contribution in [3.8, 4) is 0 Å². The Hall–Kier alpha value is -1.20. The molecule has 0 saturated heterocycles. The fourth-order valence-electron chi connectivity index (χ4n) is 1.19. The standard InChI is InChI=1S/C9H7ClN2O2S/c1-4-3-5-6(10)11-7(9(13)14-2)12-8(5)15-4/h3H,1-2H3. The molecule has 0 aliphatic carbocycles. The maximum absolute atomic E-state index is 11.2. The Bertz CT molecular complexity index is 538. The molecule has 0 unspecified atom stereocenters. The zero-order valence-corrected chi connectivity index (χ0v) is 9.65. The van der Waals surface area contributed by atoms with Gasteiger partial charge < -0.3 is 4.74 Å². The Morgan fingerprint density at radius 2 is 2.27 bits per heavy atom. The van der Waals surface area contributed by atoms with E-state index in [2.05, 4.69) is 14.7 Å². The van der Waals surface area contributed by atoms with Crippen LogP contribution >= 0.6 is 22.9 Å². The van der Waals surface area contributed by atoms with Crippen LogP contribution in [-0.2, 0) is 4.74 Å². The van der Waals surface area contributed by atoms with Gasteiger partial charge in [0, 0.05) is 10.3 Å². The summed E-state index contributed by atoms with van der Waals surface area (Å²) in [5.41, 5.74) is 0. The van der Waals surface area contributed by atoms with Gasteiger partial charge in [-0.2, -0.15) is 0 Å². The van der Waals surface area contributed by atoms with Gasteiger partial charge in [0.15, 0.2) is 0 Å². The van der Waals surface area contributed by atoms with Crippen molar-refractivity contribution in [2.24, 2.45) is 0 Å². The third-order valence-electron chi connectivity index (χ3n) is 1.84. The molecule has 0 amide bonds. The van der Waals surface area contributed by atoms with E-state index in [1.165, 1.54) is 18.4 Å². The number of ether oxygens (including phenoxy) is 1. The second kappa shape index (κ2) is 3.75. The van der Waals surface area contributed by atoms with E-state index in [0.29, 0.717) is 4.83 Å². The summed E-state index contributed by atoms with van der Waals surface area (Å²) >= 11 is 7.39. The smallest absolute Gasteiger partial charge is 0.376 e. The predicted molar refractivity (Wildman–Crippen MR) is 58.5 cm³/mol. The molecule has 0 aliphatic heterocycles. The predicted octanol–water partition coefficient (Wildman–Crippen LogP) is 2.44. The van der Waals surface area contributed by atoms with Gasteiger partial charge >= 0.3 is 5.97 Å². The van der Waals surface area contributed by atoms with E-state index in [1.54, 1.807) is 0 Å². The fraction of sp³-hybridized carbons (Fsp3) is 0.222. The van der Waals surface area contributed by atoms with E-state index in [9.17, 15) is 4.79 Å². The Morgan fingerprint density at radius 1 is 1.53 bits per heavy atom. The van der Waals surface area contributed by atoms with Crippen LogP contribution in [0.5, 0.6) is 0 Å². The molecule has 0 saturated carbocycles. The van der Waals surface area contributed by atoms with Crippen LogP contribution < -0.4 is 0 Å². The minimum atomic E-state index is -0.579. The third-order valence-corrected chi connectivity index (χ3v) is 3.07. The Balaban J connectivity index is 2.66. The zero-order chi connectivity index (χ0) is 11.0. The van der Waals surface area contributed by atoms with E-state index in [-0.39, 0.29) is 11.0 Å². The number of aromatic nitrogens is 2. The molecule has 0 N–H and O–H groups in total. The van der Waals surface area contributed by atoms with Gasteiger partial charge in [-0.15, -0.1) is 11.3 Å². The average molecular weight is 243 g/mol. The quantitative estimate of drug-likeness (QED) is 0.569. The van der Waals surface area contributed by atoms with E-state index in [1.807, 2.05) is 13.0 Å². The molecule has 15 heavy (non-hydrogen) atoms. The average Bonchev–Trinajstić information content (AvgIpc) is 2.58. The first kappa shape index (κ1) is 10.3. The zero-order valence-electron chi connectivity index (χ0n) is 8.07. The minimum absolute atomic E-state index is 0.00292. The second-order valence-electron chi connectivity index (χ2n) is 2.91. The summed E-state index contributed by atoms with van der Waals surface area (Å²) in [7, 11) is 1.28. The third kappa shape index (κ3) is 1.80. The van der Waals surface area contributed by atoms with Gasteiger partial charge in [0.05, 0.1) is 7.11 Å². The molecule has 0 spiro atoms. The molecular weight excluding hydrogens is 236 g/mol. The number of carbonyl (C=O) groups excluding carboxylic acids is 1. The van der Waals surface area contributed by atoms with Gasteiger partial charge in [-0.3, -0.25) is 0 Å². The Kier molecular flexibility index (Phi) is 2.58. The highest BCUT2D eigenvalue weighted by Gasteiger charge is 2.14. The van der Waals surface area contributed by atoms with Crippen molar-refractivity contribution in [1.29, 1.82) is 0 Å². The highest BCUT2D eigenvalue weighted by atomic mass is 35.5. The summed E-state index contributed by atoms with van der Waals surface area (Å²) in [5, 5.41) is 1.05. The van der Waals surface area contributed by atoms with Crippen LogP contribution in [0.25, 0.3) is 10.2 Å². The second-order valence-corrected chi connectivity index (χ2v) is 4.50. The van der Waals surface area contributed by atoms with Crippen LogP contribution in [0.1, 0.15) is 15.5 Å². The maximum Gasteiger partial charge on any atom is 0.376 e. The van der Waals surface area contributed by atoms with Crippen LogP contribution in [0.4, 0.5) is 0 Å². The molecule has 0 radical (unpaired) electrons. The molecule has 6 heteroatoms. The van der Waals surface area contributed by atoms with E-state index < -0.39 is 5.97 Å². The lowest BCUT2D eigenvalue weighted by molar-refractivity contribution is 0.0587. The van der Waals surface area contributed by atoms with E-state index in [0.717, 1.165) is 10.3 Å². The van der Waals surface area contributed by atoms with Gasteiger partial charge in [0.2, 0.25) is 5.82 Å². The molecule has 0 aromatic carbocycles. The first-order valence-electron chi connectivity index (χ1n) is 4.14. The number of carbonyl (C=O) groups is 1. The highest BCUT2D eigenvalue weighted by Crippen LogP contribution is 2.28. The Morgan fingerprint density at radius 3 is 2.93 bits per heavy atom. The molecule has 0 atom stereocenters. The van der Waals surface area contributed by atoms with Crippen molar-refractivity contribution < 1.29 is 9.53 Å². The summed E-state index contributed by atoms with van der Waals surface area (Å²) in [6.07, 6.45) is 0. The van der Waals surface area contributed by atoms with Crippen LogP contribution in [-0.4, -0.2) is 23.0 Å². The van der Waals surface area contributed by atoms with Crippen LogP contribution in [0.2, 0.25) is 5.15 Å². The molecule has 0 fully saturated rings. The van der Waals surface area contributed by atoms with E-state index in [4.69, 9.17) is 11.6 Å². The normalized spacial score (nSPS) is 10.6. The van der Waals surface area contributed by atoms with Crippen LogP contribution in [0.15, 0.2) is 6.07 Å². The van der Waals surface area contributed by atoms with Gasteiger partial charge in [-0.1, -0.05) is 11.6 Å². The number of esters is 1. The summed E-state index contributed by atoms with van der Waals surface area (Å²) in [6, 6.07) is 1.89. The molecule has 2 aromatic rings. The molecule has 2 heterocycles. The largest absolute Gasteiger partial charge is 0.463 e. The van der Waals surface area contributed by atoms with Crippen molar-refractivity contribution >= 4 is 39.1 Å². The number of hydrogen-bond acceptors (Lipinski definition) is 5. The van der Waals surface area contributed by atoms with Crippen LogP contribution in [0, 0.1) is 6.92 Å². The molecule has 4 nitrogen and oxygen atoms in total. The number of nitrogens with zero attached hydrogens (tertiary/aromatic N) is 2. The minimum Gasteiger partial charge on any atom is -0.463 e. The molecule has 0 bridgehead atoms. The highest BCUT2D eigenvalue weighted by molar-refractivity contribution is 7.18. The summed E-state index contributed by atoms with van der Waals surface area (Å²) in [6.45, 7) is 1.94. The number of rotatable bonds is 1. The van der Waals surface area contributed by atoms with E-state index >= 15 is 0 Å². The monoisotopic (exact) mass is 242 g/mol. The number of thiophene rings is 1. The Labute approximate surface area is 94.9 Å².